The molecule has 5 rings (SSSR count). The minimum atomic E-state index is -0.851. The minimum absolute atomic E-state index is 0.0150. The molecule has 4 aromatic rings. The number of aliphatic hydroxyl groups is 1. The molecule has 178 valence electrons. The predicted molar refractivity (Wildman–Crippen MR) is 129 cm³/mol. The van der Waals surface area contributed by atoms with E-state index in [2.05, 4.69) is 4.98 Å². The highest BCUT2D eigenvalue weighted by atomic mass is 16.5. The average molecular weight is 472 g/mol. The molecular weight excluding hydrogens is 448 g/mol. The molecular formula is C27H24N2O6. The summed E-state index contributed by atoms with van der Waals surface area (Å²) >= 11 is 0. The van der Waals surface area contributed by atoms with E-state index in [-0.39, 0.29) is 17.9 Å². The zero-order chi connectivity index (χ0) is 24.5. The van der Waals surface area contributed by atoms with Gasteiger partial charge >= 0.3 is 0 Å². The lowest BCUT2D eigenvalue weighted by molar-refractivity contribution is -0.140. The second-order valence-corrected chi connectivity index (χ2v) is 8.22. The maximum absolute atomic E-state index is 13.1. The second kappa shape index (κ2) is 9.06. The van der Waals surface area contributed by atoms with Crippen molar-refractivity contribution in [1.82, 2.24) is 9.88 Å². The fraction of sp³-hybridized carbons (Fsp3) is 0.185. The summed E-state index contributed by atoms with van der Waals surface area (Å²) in [4.78, 5) is 31.0. The molecule has 35 heavy (non-hydrogen) atoms. The smallest absolute Gasteiger partial charge is 0.295 e. The molecule has 0 saturated carbocycles. The van der Waals surface area contributed by atoms with Gasteiger partial charge in [-0.3, -0.25) is 9.59 Å². The summed E-state index contributed by atoms with van der Waals surface area (Å²) < 4.78 is 16.2. The number of benzene rings is 2. The average Bonchev–Trinajstić information content (AvgIpc) is 3.61. The van der Waals surface area contributed by atoms with Crippen LogP contribution in [0.5, 0.6) is 11.5 Å². The fourth-order valence-electron chi connectivity index (χ4n) is 4.51. The van der Waals surface area contributed by atoms with Crippen molar-refractivity contribution in [3.05, 3.63) is 89.5 Å². The molecule has 1 aliphatic rings. The molecule has 0 bridgehead atoms. The number of aromatic amines is 1. The molecule has 1 amide bonds. The van der Waals surface area contributed by atoms with E-state index in [1.165, 1.54) is 18.3 Å². The number of aromatic nitrogens is 1. The van der Waals surface area contributed by atoms with Crippen LogP contribution in [0, 0.1) is 0 Å². The van der Waals surface area contributed by atoms with Gasteiger partial charge in [0.05, 0.1) is 26.1 Å². The van der Waals surface area contributed by atoms with Crippen LogP contribution in [-0.2, 0) is 16.0 Å². The van der Waals surface area contributed by atoms with Crippen molar-refractivity contribution < 1.29 is 28.6 Å². The summed E-state index contributed by atoms with van der Waals surface area (Å²) in [6.45, 7) is 0.245. The normalized spacial score (nSPS) is 17.3. The van der Waals surface area contributed by atoms with Gasteiger partial charge < -0.3 is 28.9 Å². The van der Waals surface area contributed by atoms with E-state index in [1.807, 2.05) is 24.4 Å². The first-order valence-corrected chi connectivity index (χ1v) is 11.1. The Bertz CT molecular complexity index is 1430. The van der Waals surface area contributed by atoms with Crippen LogP contribution in [0.15, 0.2) is 77.0 Å². The van der Waals surface area contributed by atoms with Crippen LogP contribution in [0.25, 0.3) is 16.7 Å². The topological polar surface area (TPSA) is 105 Å². The summed E-state index contributed by atoms with van der Waals surface area (Å²) in [5.41, 5.74) is 2.29. The highest BCUT2D eigenvalue weighted by Crippen LogP contribution is 2.40. The van der Waals surface area contributed by atoms with Crippen LogP contribution in [0.1, 0.15) is 22.9 Å². The van der Waals surface area contributed by atoms with Crippen LogP contribution >= 0.6 is 0 Å². The standard InChI is InChI=1S/C27H24N2O6/c1-33-18-6-3-5-16(13-18)25(30)23-24(22-7-4-12-35-22)29(27(32)26(23)31)11-10-17-15-28-21-9-8-19(34-2)14-20(17)21/h3-9,12-15,24,28,30H,10-11H2,1-2H3/t24-/m1/s1. The lowest BCUT2D eigenvalue weighted by atomic mass is 9.99. The zero-order valence-corrected chi connectivity index (χ0v) is 19.3. The zero-order valence-electron chi connectivity index (χ0n) is 19.3. The Morgan fingerprint density at radius 1 is 1.06 bits per heavy atom. The van der Waals surface area contributed by atoms with Gasteiger partial charge in [0, 0.05) is 29.2 Å². The maximum Gasteiger partial charge on any atom is 0.295 e. The Labute approximate surface area is 201 Å². The number of carbonyl (C=O) groups is 2. The monoisotopic (exact) mass is 472 g/mol. The Morgan fingerprint density at radius 2 is 1.86 bits per heavy atom. The van der Waals surface area contributed by atoms with Crippen LogP contribution in [0.2, 0.25) is 0 Å². The summed E-state index contributed by atoms with van der Waals surface area (Å²) in [5.74, 6) is -0.0712. The first-order valence-electron chi connectivity index (χ1n) is 11.1. The molecule has 1 atom stereocenters. The fourth-order valence-corrected chi connectivity index (χ4v) is 4.51. The quantitative estimate of drug-likeness (QED) is 0.234. The first kappa shape index (κ1) is 22.3. The number of aliphatic hydroxyl groups excluding tert-OH is 1. The van der Waals surface area contributed by atoms with Crippen molar-refractivity contribution in [2.24, 2.45) is 0 Å². The first-order chi connectivity index (χ1) is 17.0. The number of ether oxygens (including phenoxy) is 2. The van der Waals surface area contributed by atoms with E-state index in [1.54, 1.807) is 43.5 Å². The number of hydrogen-bond donors (Lipinski definition) is 2. The molecule has 8 heteroatoms. The van der Waals surface area contributed by atoms with Crippen molar-refractivity contribution in [2.75, 3.05) is 20.8 Å². The van der Waals surface area contributed by atoms with E-state index in [0.717, 1.165) is 22.2 Å². The number of Topliss-reactive ketones (excluding diaryl/α,β-unsaturated/α-hetero) is 1. The number of carbonyl (C=O) groups excluding carboxylic acids is 2. The molecule has 0 aliphatic carbocycles. The van der Waals surface area contributed by atoms with Gasteiger partial charge in [0.1, 0.15) is 29.1 Å². The minimum Gasteiger partial charge on any atom is -0.507 e. The van der Waals surface area contributed by atoms with Crippen LogP contribution < -0.4 is 9.47 Å². The summed E-state index contributed by atoms with van der Waals surface area (Å²) in [7, 11) is 3.12. The van der Waals surface area contributed by atoms with Gasteiger partial charge in [0.2, 0.25) is 0 Å². The molecule has 0 radical (unpaired) electrons. The highest BCUT2D eigenvalue weighted by Gasteiger charge is 2.47. The van der Waals surface area contributed by atoms with Gasteiger partial charge in [0.25, 0.3) is 11.7 Å². The third-order valence-corrected chi connectivity index (χ3v) is 6.29. The number of methoxy groups -OCH3 is 2. The molecule has 2 N–H and O–H groups in total. The van der Waals surface area contributed by atoms with E-state index < -0.39 is 17.7 Å². The van der Waals surface area contributed by atoms with Crippen molar-refractivity contribution in [1.29, 1.82) is 0 Å². The molecule has 1 saturated heterocycles. The lowest BCUT2D eigenvalue weighted by Gasteiger charge is -2.23. The molecule has 0 unspecified atom stereocenters. The summed E-state index contributed by atoms with van der Waals surface area (Å²) in [6, 6.07) is 15.0. The number of ketones is 1. The van der Waals surface area contributed by atoms with Crippen LogP contribution in [-0.4, -0.2) is 47.4 Å². The van der Waals surface area contributed by atoms with E-state index in [9.17, 15) is 14.7 Å². The number of nitrogens with one attached hydrogen (secondary N) is 1. The van der Waals surface area contributed by atoms with Gasteiger partial charge in [0.15, 0.2) is 0 Å². The molecule has 0 spiro atoms. The van der Waals surface area contributed by atoms with Crippen molar-refractivity contribution in [3.8, 4) is 11.5 Å². The lowest BCUT2D eigenvalue weighted by Crippen LogP contribution is -2.31. The summed E-state index contributed by atoms with van der Waals surface area (Å²) in [5, 5.41) is 12.1. The Kier molecular flexibility index (Phi) is 5.78. The molecule has 1 fully saturated rings. The van der Waals surface area contributed by atoms with Gasteiger partial charge in [-0.05, 0) is 54.4 Å². The molecule has 8 nitrogen and oxygen atoms in total. The van der Waals surface area contributed by atoms with Crippen LogP contribution in [0.3, 0.4) is 0 Å². The van der Waals surface area contributed by atoms with Gasteiger partial charge in [-0.25, -0.2) is 0 Å². The summed E-state index contributed by atoms with van der Waals surface area (Å²) in [6.07, 6.45) is 3.85. The number of H-pyrrole nitrogens is 1. The van der Waals surface area contributed by atoms with Gasteiger partial charge in [-0.15, -0.1) is 0 Å². The van der Waals surface area contributed by atoms with E-state index in [0.29, 0.717) is 23.5 Å². The Balaban J connectivity index is 1.52. The van der Waals surface area contributed by atoms with E-state index >= 15 is 0 Å². The predicted octanol–water partition coefficient (Wildman–Crippen LogP) is 4.44. The molecule has 2 aromatic carbocycles. The number of likely N-dealkylation sites (tertiary alicyclic amines) is 1. The van der Waals surface area contributed by atoms with Crippen molar-refractivity contribution in [3.63, 3.8) is 0 Å². The maximum atomic E-state index is 13.1. The highest BCUT2D eigenvalue weighted by molar-refractivity contribution is 6.46. The molecule has 1 aliphatic heterocycles. The molecule has 2 aromatic heterocycles. The Morgan fingerprint density at radius 3 is 2.60 bits per heavy atom. The SMILES string of the molecule is COc1cccc(C(O)=C2C(=O)C(=O)N(CCc3c[nH]c4ccc(OC)cc34)[C@@H]2c2ccco2)c1. The van der Waals surface area contributed by atoms with Gasteiger partial charge in [-0.2, -0.15) is 0 Å². The number of hydrogen-bond acceptors (Lipinski definition) is 6. The number of nitrogens with zero attached hydrogens (tertiary/aromatic N) is 1. The van der Waals surface area contributed by atoms with Gasteiger partial charge in [-0.1, -0.05) is 12.1 Å². The number of rotatable bonds is 7. The number of amides is 1. The van der Waals surface area contributed by atoms with Crippen LogP contribution in [0.4, 0.5) is 0 Å². The number of furan rings is 1. The van der Waals surface area contributed by atoms with Crippen molar-refractivity contribution >= 4 is 28.4 Å². The number of fused-ring (bicyclic) bond motifs is 1. The molecule has 3 heterocycles. The third-order valence-electron chi connectivity index (χ3n) is 6.29. The van der Waals surface area contributed by atoms with Crippen molar-refractivity contribution in [2.45, 2.75) is 12.5 Å². The largest absolute Gasteiger partial charge is 0.507 e. The van der Waals surface area contributed by atoms with E-state index in [4.69, 9.17) is 13.9 Å². The Hall–Kier alpha value is -4.46. The third kappa shape index (κ3) is 3.93. The second-order valence-electron chi connectivity index (χ2n) is 8.22.